The Kier molecular flexibility index (Phi) is 3.46. The van der Waals surface area contributed by atoms with E-state index in [1.807, 2.05) is 6.92 Å². The van der Waals surface area contributed by atoms with E-state index in [1.165, 1.54) is 0 Å². The van der Waals surface area contributed by atoms with Crippen LogP contribution >= 0.6 is 0 Å². The maximum atomic E-state index is 11.3. The van der Waals surface area contributed by atoms with Crippen LogP contribution in [-0.4, -0.2) is 5.78 Å². The lowest BCUT2D eigenvalue weighted by atomic mass is 10.1. The van der Waals surface area contributed by atoms with E-state index >= 15 is 0 Å². The molecule has 0 aromatic heterocycles. The van der Waals surface area contributed by atoms with E-state index in [0.29, 0.717) is 17.9 Å². The molecule has 0 N–H and O–H groups in total. The molecule has 1 rings (SSSR count). The number of hydrogen-bond donors (Lipinski definition) is 0. The molecule has 0 unspecified atom stereocenters. The molecule has 14 heavy (non-hydrogen) atoms. The first-order valence-corrected chi connectivity index (χ1v) is 4.60. The number of hydrogen-bond acceptors (Lipinski definition) is 2. The van der Waals surface area contributed by atoms with E-state index in [9.17, 15) is 4.79 Å². The van der Waals surface area contributed by atoms with E-state index in [1.54, 1.807) is 31.2 Å². The SMILES string of the molecule is C=C(C)Oc1ccc(C(=O)CC)cc1. The smallest absolute Gasteiger partial charge is 0.162 e. The van der Waals surface area contributed by atoms with Crippen molar-refractivity contribution in [1.82, 2.24) is 0 Å². The van der Waals surface area contributed by atoms with Gasteiger partial charge in [-0.1, -0.05) is 13.5 Å². The largest absolute Gasteiger partial charge is 0.463 e. The number of ketones is 1. The van der Waals surface area contributed by atoms with Crippen molar-refractivity contribution in [3.8, 4) is 5.75 Å². The maximum absolute atomic E-state index is 11.3. The molecule has 2 nitrogen and oxygen atoms in total. The third-order valence-electron chi connectivity index (χ3n) is 1.79. The van der Waals surface area contributed by atoms with Crippen LogP contribution in [0.2, 0.25) is 0 Å². The summed E-state index contributed by atoms with van der Waals surface area (Å²) in [4.78, 5) is 11.3. The summed E-state index contributed by atoms with van der Waals surface area (Å²) in [6, 6.07) is 7.09. The first-order valence-electron chi connectivity index (χ1n) is 4.60. The maximum Gasteiger partial charge on any atom is 0.162 e. The summed E-state index contributed by atoms with van der Waals surface area (Å²) in [5, 5.41) is 0. The summed E-state index contributed by atoms with van der Waals surface area (Å²) >= 11 is 0. The molecule has 0 heterocycles. The van der Waals surface area contributed by atoms with Gasteiger partial charge >= 0.3 is 0 Å². The Balaban J connectivity index is 2.78. The second kappa shape index (κ2) is 4.61. The van der Waals surface area contributed by atoms with Gasteiger partial charge in [0.1, 0.15) is 5.75 Å². The molecule has 74 valence electrons. The first kappa shape index (κ1) is 10.5. The van der Waals surface area contributed by atoms with Gasteiger partial charge < -0.3 is 4.74 Å². The van der Waals surface area contributed by atoms with Crippen LogP contribution in [0.15, 0.2) is 36.6 Å². The Morgan fingerprint density at radius 2 is 1.93 bits per heavy atom. The highest BCUT2D eigenvalue weighted by molar-refractivity contribution is 5.95. The second-order valence-corrected chi connectivity index (χ2v) is 3.11. The number of benzene rings is 1. The average Bonchev–Trinajstić information content (AvgIpc) is 2.17. The Labute approximate surface area is 84.2 Å². The number of ether oxygens (including phenoxy) is 1. The Bertz CT molecular complexity index is 336. The molecule has 0 saturated carbocycles. The summed E-state index contributed by atoms with van der Waals surface area (Å²) in [5.74, 6) is 1.50. The van der Waals surface area contributed by atoms with Crippen LogP contribution in [0.3, 0.4) is 0 Å². The molecule has 0 spiro atoms. The lowest BCUT2D eigenvalue weighted by Gasteiger charge is -2.04. The Morgan fingerprint density at radius 3 is 2.36 bits per heavy atom. The monoisotopic (exact) mass is 190 g/mol. The third-order valence-corrected chi connectivity index (χ3v) is 1.79. The minimum atomic E-state index is 0.145. The fraction of sp³-hybridized carbons (Fsp3) is 0.250. The van der Waals surface area contributed by atoms with Gasteiger partial charge in [0.2, 0.25) is 0 Å². The van der Waals surface area contributed by atoms with Gasteiger partial charge in [0.25, 0.3) is 0 Å². The number of allylic oxidation sites excluding steroid dienone is 1. The highest BCUT2D eigenvalue weighted by Crippen LogP contribution is 2.15. The summed E-state index contributed by atoms with van der Waals surface area (Å²) in [6.07, 6.45) is 0.528. The molecule has 0 aliphatic heterocycles. The van der Waals surface area contributed by atoms with E-state index in [4.69, 9.17) is 4.74 Å². The van der Waals surface area contributed by atoms with Crippen LogP contribution in [-0.2, 0) is 0 Å². The fourth-order valence-corrected chi connectivity index (χ4v) is 1.11. The van der Waals surface area contributed by atoms with Crippen LogP contribution in [0, 0.1) is 0 Å². The van der Waals surface area contributed by atoms with E-state index in [0.717, 1.165) is 5.56 Å². The Hall–Kier alpha value is -1.57. The molecular formula is C12H14O2. The average molecular weight is 190 g/mol. The predicted octanol–water partition coefficient (Wildman–Crippen LogP) is 3.19. The highest BCUT2D eigenvalue weighted by atomic mass is 16.5. The number of Topliss-reactive ketones (excluding diaryl/α,β-unsaturated/α-hetero) is 1. The Morgan fingerprint density at radius 1 is 1.36 bits per heavy atom. The molecule has 0 saturated heterocycles. The van der Waals surface area contributed by atoms with Crippen molar-refractivity contribution >= 4 is 5.78 Å². The van der Waals surface area contributed by atoms with Gasteiger partial charge in [0, 0.05) is 12.0 Å². The fourth-order valence-electron chi connectivity index (χ4n) is 1.11. The van der Waals surface area contributed by atoms with E-state index in [-0.39, 0.29) is 5.78 Å². The van der Waals surface area contributed by atoms with Crippen LogP contribution in [0.4, 0.5) is 0 Å². The van der Waals surface area contributed by atoms with Gasteiger partial charge in [-0.3, -0.25) is 4.79 Å². The van der Waals surface area contributed by atoms with Crippen molar-refractivity contribution in [3.05, 3.63) is 42.2 Å². The molecular weight excluding hydrogens is 176 g/mol. The summed E-state index contributed by atoms with van der Waals surface area (Å²) in [5.41, 5.74) is 0.724. The zero-order valence-electron chi connectivity index (χ0n) is 8.54. The van der Waals surface area contributed by atoms with Crippen molar-refractivity contribution in [1.29, 1.82) is 0 Å². The number of carbonyl (C=O) groups is 1. The highest BCUT2D eigenvalue weighted by Gasteiger charge is 2.02. The summed E-state index contributed by atoms with van der Waals surface area (Å²) in [6.45, 7) is 7.27. The van der Waals surface area contributed by atoms with Gasteiger partial charge in [-0.2, -0.15) is 0 Å². The molecule has 0 amide bonds. The zero-order chi connectivity index (χ0) is 10.6. The molecule has 1 aromatic rings. The standard InChI is InChI=1S/C12H14O2/c1-4-12(13)10-5-7-11(8-6-10)14-9(2)3/h5-8H,2,4H2,1,3H3. The number of rotatable bonds is 4. The van der Waals surface area contributed by atoms with Gasteiger partial charge in [0.05, 0.1) is 5.76 Å². The van der Waals surface area contributed by atoms with Crippen LogP contribution < -0.4 is 4.74 Å². The van der Waals surface area contributed by atoms with Gasteiger partial charge in [-0.25, -0.2) is 0 Å². The zero-order valence-corrected chi connectivity index (χ0v) is 8.54. The van der Waals surface area contributed by atoms with Crippen molar-refractivity contribution < 1.29 is 9.53 Å². The van der Waals surface area contributed by atoms with E-state index in [2.05, 4.69) is 6.58 Å². The van der Waals surface area contributed by atoms with E-state index < -0.39 is 0 Å². The van der Waals surface area contributed by atoms with Crippen molar-refractivity contribution in [2.45, 2.75) is 20.3 Å². The molecule has 0 radical (unpaired) electrons. The number of carbonyl (C=O) groups excluding carboxylic acids is 1. The molecule has 0 atom stereocenters. The van der Waals surface area contributed by atoms with Crippen LogP contribution in [0.25, 0.3) is 0 Å². The topological polar surface area (TPSA) is 26.3 Å². The first-order chi connectivity index (χ1) is 6.63. The molecule has 0 aliphatic carbocycles. The third kappa shape index (κ3) is 2.73. The molecule has 0 fully saturated rings. The minimum Gasteiger partial charge on any atom is -0.463 e. The lowest BCUT2D eigenvalue weighted by Crippen LogP contribution is -1.96. The lowest BCUT2D eigenvalue weighted by molar-refractivity contribution is 0.0988. The van der Waals surface area contributed by atoms with Gasteiger partial charge in [-0.15, -0.1) is 0 Å². The van der Waals surface area contributed by atoms with Gasteiger partial charge in [0.15, 0.2) is 5.78 Å². The predicted molar refractivity (Wildman–Crippen MR) is 56.5 cm³/mol. The molecule has 0 bridgehead atoms. The quantitative estimate of drug-likeness (QED) is 0.538. The second-order valence-electron chi connectivity index (χ2n) is 3.11. The normalized spacial score (nSPS) is 9.57. The van der Waals surface area contributed by atoms with Crippen molar-refractivity contribution in [2.24, 2.45) is 0 Å². The molecule has 1 aromatic carbocycles. The van der Waals surface area contributed by atoms with Gasteiger partial charge in [-0.05, 0) is 31.2 Å². The summed E-state index contributed by atoms with van der Waals surface area (Å²) in [7, 11) is 0. The van der Waals surface area contributed by atoms with Crippen molar-refractivity contribution in [3.63, 3.8) is 0 Å². The summed E-state index contributed by atoms with van der Waals surface area (Å²) < 4.78 is 5.28. The van der Waals surface area contributed by atoms with Crippen LogP contribution in [0.1, 0.15) is 30.6 Å². The minimum absolute atomic E-state index is 0.145. The van der Waals surface area contributed by atoms with Crippen LogP contribution in [0.5, 0.6) is 5.75 Å². The molecule has 0 aliphatic rings. The van der Waals surface area contributed by atoms with Crippen molar-refractivity contribution in [2.75, 3.05) is 0 Å². The molecule has 2 heteroatoms.